The zero-order valence-electron chi connectivity index (χ0n) is 11.0. The Kier molecular flexibility index (Phi) is 3.99. The average Bonchev–Trinajstić information content (AvgIpc) is 2.96. The number of hydrogen-bond acceptors (Lipinski definition) is 2. The van der Waals surface area contributed by atoms with Gasteiger partial charge in [-0.3, -0.25) is 0 Å². The Balaban J connectivity index is 1.99. The van der Waals surface area contributed by atoms with Gasteiger partial charge in [0.2, 0.25) is 0 Å². The molecule has 21 heavy (non-hydrogen) atoms. The van der Waals surface area contributed by atoms with E-state index < -0.39 is 0 Å². The zero-order chi connectivity index (χ0) is 14.8. The molecule has 0 bridgehead atoms. The van der Waals surface area contributed by atoms with E-state index in [1.807, 2.05) is 23.6 Å². The maximum Gasteiger partial charge on any atom is 0.123 e. The van der Waals surface area contributed by atoms with Crippen molar-refractivity contribution in [2.75, 3.05) is 0 Å². The van der Waals surface area contributed by atoms with Crippen LogP contribution in [0.2, 0.25) is 0 Å². The van der Waals surface area contributed by atoms with Gasteiger partial charge < -0.3 is 0 Å². The molecule has 104 valence electrons. The van der Waals surface area contributed by atoms with E-state index in [1.165, 1.54) is 12.1 Å². The highest BCUT2D eigenvalue weighted by molar-refractivity contribution is 9.10. The van der Waals surface area contributed by atoms with Crippen LogP contribution in [0.1, 0.15) is 5.01 Å². The summed E-state index contributed by atoms with van der Waals surface area (Å²) in [6.45, 7) is 3.73. The fourth-order valence-corrected chi connectivity index (χ4v) is 3.29. The zero-order valence-corrected chi connectivity index (χ0v) is 13.4. The fraction of sp³-hybridized carbons (Fsp3) is 0. The molecule has 3 aromatic rings. The van der Waals surface area contributed by atoms with Gasteiger partial charge in [-0.25, -0.2) is 9.37 Å². The number of rotatable bonds is 3. The number of thiazole rings is 1. The second-order valence-electron chi connectivity index (χ2n) is 4.48. The minimum Gasteiger partial charge on any atom is -0.237 e. The molecule has 0 saturated carbocycles. The quantitative estimate of drug-likeness (QED) is 0.556. The number of nitrogens with zero attached hydrogens (tertiary/aromatic N) is 1. The van der Waals surface area contributed by atoms with Gasteiger partial charge in [-0.05, 0) is 35.4 Å². The number of hydrogen-bond donors (Lipinski definition) is 0. The van der Waals surface area contributed by atoms with Gasteiger partial charge in [-0.2, -0.15) is 0 Å². The van der Waals surface area contributed by atoms with Gasteiger partial charge in [-0.1, -0.05) is 46.8 Å². The molecule has 1 aromatic heterocycles. The van der Waals surface area contributed by atoms with Gasteiger partial charge in [0.05, 0.1) is 5.69 Å². The number of aromatic nitrogens is 1. The van der Waals surface area contributed by atoms with Crippen LogP contribution in [0.3, 0.4) is 0 Å². The van der Waals surface area contributed by atoms with Crippen molar-refractivity contribution in [3.63, 3.8) is 0 Å². The van der Waals surface area contributed by atoms with E-state index in [1.54, 1.807) is 29.5 Å². The van der Waals surface area contributed by atoms with Crippen LogP contribution in [-0.4, -0.2) is 4.98 Å². The van der Waals surface area contributed by atoms with Crippen LogP contribution in [0.4, 0.5) is 4.39 Å². The summed E-state index contributed by atoms with van der Waals surface area (Å²) in [5.41, 5.74) is 3.97. The second-order valence-corrected chi connectivity index (χ2v) is 6.22. The third kappa shape index (κ3) is 2.96. The first-order chi connectivity index (χ1) is 10.2. The minimum absolute atomic E-state index is 0.228. The Hall–Kier alpha value is -1.78. The number of benzene rings is 2. The SMILES string of the molecule is C=Cc1nc(-c2ccc(-c3ccc(F)cc3)cc2Br)cs1. The van der Waals surface area contributed by atoms with Crippen LogP contribution < -0.4 is 0 Å². The van der Waals surface area contributed by atoms with Crippen molar-refractivity contribution in [2.24, 2.45) is 0 Å². The largest absolute Gasteiger partial charge is 0.237 e. The second kappa shape index (κ2) is 5.92. The minimum atomic E-state index is -0.228. The van der Waals surface area contributed by atoms with Crippen LogP contribution in [0.25, 0.3) is 28.5 Å². The Morgan fingerprint density at radius 3 is 2.43 bits per heavy atom. The Morgan fingerprint density at radius 2 is 1.81 bits per heavy atom. The average molecular weight is 360 g/mol. The van der Waals surface area contributed by atoms with Gasteiger partial charge in [0, 0.05) is 15.4 Å². The monoisotopic (exact) mass is 359 g/mol. The van der Waals surface area contributed by atoms with Crippen LogP contribution in [0.5, 0.6) is 0 Å². The van der Waals surface area contributed by atoms with Gasteiger partial charge in [0.25, 0.3) is 0 Å². The standard InChI is InChI=1S/C17H11BrFNS/c1-2-17-20-16(10-21-17)14-8-5-12(9-15(14)18)11-3-6-13(19)7-4-11/h2-10H,1H2. The van der Waals surface area contributed by atoms with Crippen molar-refractivity contribution >= 4 is 33.3 Å². The molecule has 0 spiro atoms. The molecule has 0 radical (unpaired) electrons. The van der Waals surface area contributed by atoms with Crippen molar-refractivity contribution in [3.8, 4) is 22.4 Å². The predicted molar refractivity (Wildman–Crippen MR) is 90.7 cm³/mol. The van der Waals surface area contributed by atoms with Gasteiger partial charge in [-0.15, -0.1) is 11.3 Å². The number of halogens is 2. The first-order valence-electron chi connectivity index (χ1n) is 6.31. The molecular weight excluding hydrogens is 349 g/mol. The molecule has 0 atom stereocenters. The third-order valence-electron chi connectivity index (χ3n) is 3.12. The first kappa shape index (κ1) is 14.2. The molecule has 3 rings (SSSR count). The van der Waals surface area contributed by atoms with Gasteiger partial charge in [0.1, 0.15) is 10.8 Å². The van der Waals surface area contributed by atoms with Crippen molar-refractivity contribution < 1.29 is 4.39 Å². The van der Waals surface area contributed by atoms with Crippen LogP contribution >= 0.6 is 27.3 Å². The van der Waals surface area contributed by atoms with Crippen molar-refractivity contribution in [1.82, 2.24) is 4.98 Å². The van der Waals surface area contributed by atoms with E-state index in [2.05, 4.69) is 27.5 Å². The molecule has 4 heteroatoms. The molecule has 1 heterocycles. The lowest BCUT2D eigenvalue weighted by atomic mass is 10.0. The van der Waals surface area contributed by atoms with Crippen LogP contribution in [0.15, 0.2) is 58.9 Å². The molecule has 0 N–H and O–H groups in total. The molecular formula is C17H11BrFNS. The molecule has 0 aliphatic heterocycles. The van der Waals surface area contributed by atoms with Crippen molar-refractivity contribution in [3.05, 3.63) is 69.7 Å². The highest BCUT2D eigenvalue weighted by Gasteiger charge is 2.08. The molecule has 0 saturated heterocycles. The van der Waals surface area contributed by atoms with Crippen molar-refractivity contribution in [2.45, 2.75) is 0 Å². The molecule has 0 amide bonds. The predicted octanol–water partition coefficient (Wildman–Crippen LogP) is 6.02. The third-order valence-corrected chi connectivity index (χ3v) is 4.62. The summed E-state index contributed by atoms with van der Waals surface area (Å²) in [6, 6.07) is 12.5. The lowest BCUT2D eigenvalue weighted by Crippen LogP contribution is -1.84. The summed E-state index contributed by atoms with van der Waals surface area (Å²) in [6.07, 6.45) is 1.74. The summed E-state index contributed by atoms with van der Waals surface area (Å²) in [7, 11) is 0. The van der Waals surface area contributed by atoms with E-state index in [-0.39, 0.29) is 5.82 Å². The van der Waals surface area contributed by atoms with Gasteiger partial charge in [0.15, 0.2) is 0 Å². The molecule has 1 nitrogen and oxygen atoms in total. The van der Waals surface area contributed by atoms with E-state index >= 15 is 0 Å². The normalized spacial score (nSPS) is 10.6. The molecule has 0 fully saturated rings. The molecule has 0 aliphatic carbocycles. The van der Waals surface area contributed by atoms with Crippen LogP contribution in [-0.2, 0) is 0 Å². The smallest absolute Gasteiger partial charge is 0.123 e. The summed E-state index contributed by atoms with van der Waals surface area (Å²) in [5, 5.41) is 2.91. The van der Waals surface area contributed by atoms with E-state index in [4.69, 9.17) is 0 Å². The van der Waals surface area contributed by atoms with Gasteiger partial charge >= 0.3 is 0 Å². The molecule has 0 unspecified atom stereocenters. The fourth-order valence-electron chi connectivity index (χ4n) is 2.05. The lowest BCUT2D eigenvalue weighted by molar-refractivity contribution is 0.628. The maximum atomic E-state index is 13.0. The van der Waals surface area contributed by atoms with Crippen LogP contribution in [0, 0.1) is 5.82 Å². The van der Waals surface area contributed by atoms with E-state index in [0.29, 0.717) is 0 Å². The molecule has 0 aliphatic rings. The maximum absolute atomic E-state index is 13.0. The summed E-state index contributed by atoms with van der Waals surface area (Å²) >= 11 is 5.16. The van der Waals surface area contributed by atoms with E-state index in [9.17, 15) is 4.39 Å². The first-order valence-corrected chi connectivity index (χ1v) is 7.98. The molecule has 2 aromatic carbocycles. The lowest BCUT2D eigenvalue weighted by Gasteiger charge is -2.06. The summed E-state index contributed by atoms with van der Waals surface area (Å²) in [5.74, 6) is -0.228. The summed E-state index contributed by atoms with van der Waals surface area (Å²) in [4.78, 5) is 4.49. The Morgan fingerprint density at radius 1 is 1.10 bits per heavy atom. The highest BCUT2D eigenvalue weighted by Crippen LogP contribution is 2.33. The van der Waals surface area contributed by atoms with Crippen molar-refractivity contribution in [1.29, 1.82) is 0 Å². The van der Waals surface area contributed by atoms with E-state index in [0.717, 1.165) is 31.9 Å². The Bertz CT molecular complexity index is 793. The highest BCUT2D eigenvalue weighted by atomic mass is 79.9. The Labute approximate surface area is 134 Å². The topological polar surface area (TPSA) is 12.9 Å². The summed E-state index contributed by atoms with van der Waals surface area (Å²) < 4.78 is 13.9.